The number of allylic oxidation sites excluding steroid dienone is 2. The zero-order valence-corrected chi connectivity index (χ0v) is 20.9. The second-order valence-corrected chi connectivity index (χ2v) is 9.25. The number of nitrogens with one attached hydrogen (secondary N) is 2. The van der Waals surface area contributed by atoms with Crippen molar-refractivity contribution in [1.29, 1.82) is 0 Å². The van der Waals surface area contributed by atoms with E-state index in [-0.39, 0.29) is 5.91 Å². The highest BCUT2D eigenvalue weighted by molar-refractivity contribution is 6.11. The molecule has 1 fully saturated rings. The molecule has 1 amide bonds. The molecule has 5 rings (SSSR count). The summed E-state index contributed by atoms with van der Waals surface area (Å²) in [4.78, 5) is 24.0. The first kappa shape index (κ1) is 24.2. The molecule has 0 radical (unpaired) electrons. The molecule has 2 N–H and O–H groups in total. The summed E-state index contributed by atoms with van der Waals surface area (Å²) in [5.41, 5.74) is 7.07. The largest absolute Gasteiger partial charge is 0.370 e. The van der Waals surface area contributed by atoms with Gasteiger partial charge < -0.3 is 10.2 Å². The minimum absolute atomic E-state index is 0.281. The zero-order chi connectivity index (χ0) is 25.6. The number of carbonyl (C=O) groups is 1. The van der Waals surface area contributed by atoms with Gasteiger partial charge in [0, 0.05) is 36.8 Å². The first-order valence-corrected chi connectivity index (χ1v) is 12.5. The highest BCUT2D eigenvalue weighted by Crippen LogP contribution is 2.26. The molecule has 0 saturated carbocycles. The summed E-state index contributed by atoms with van der Waals surface area (Å²) in [7, 11) is 0. The number of aliphatic imine (C=N–C) groups is 1. The van der Waals surface area contributed by atoms with Crippen LogP contribution in [0.5, 0.6) is 0 Å². The summed E-state index contributed by atoms with van der Waals surface area (Å²) in [5.74, 6) is -0.281. The van der Waals surface area contributed by atoms with Crippen molar-refractivity contribution in [1.82, 2.24) is 20.1 Å². The summed E-state index contributed by atoms with van der Waals surface area (Å²) in [6, 6.07) is 20.0. The van der Waals surface area contributed by atoms with Crippen LogP contribution in [0.3, 0.4) is 0 Å². The van der Waals surface area contributed by atoms with Crippen molar-refractivity contribution in [2.75, 3.05) is 18.4 Å². The number of carbonyl (C=O) groups excluding carboxylic acids is 1. The zero-order valence-electron chi connectivity index (χ0n) is 20.9. The Balaban J connectivity index is 1.33. The van der Waals surface area contributed by atoms with Crippen molar-refractivity contribution < 1.29 is 4.79 Å². The van der Waals surface area contributed by atoms with Gasteiger partial charge in [-0.25, -0.2) is 0 Å². The molecule has 1 saturated heterocycles. The van der Waals surface area contributed by atoms with Crippen LogP contribution in [0.15, 0.2) is 89.8 Å². The lowest BCUT2D eigenvalue weighted by Crippen LogP contribution is -2.17. The van der Waals surface area contributed by atoms with E-state index in [1.165, 1.54) is 18.4 Å². The number of rotatable bonds is 8. The fourth-order valence-corrected chi connectivity index (χ4v) is 4.61. The van der Waals surface area contributed by atoms with Crippen LogP contribution in [0.25, 0.3) is 16.5 Å². The third kappa shape index (κ3) is 5.67. The maximum atomic E-state index is 13.1. The van der Waals surface area contributed by atoms with E-state index in [0.717, 1.165) is 52.9 Å². The molecule has 1 aliphatic heterocycles. The lowest BCUT2D eigenvalue weighted by atomic mass is 10.0. The highest BCUT2D eigenvalue weighted by atomic mass is 16.1. The van der Waals surface area contributed by atoms with Gasteiger partial charge in [-0.15, -0.1) is 0 Å². The van der Waals surface area contributed by atoms with Crippen LogP contribution in [-0.2, 0) is 6.42 Å². The summed E-state index contributed by atoms with van der Waals surface area (Å²) < 4.78 is 0. The molecule has 37 heavy (non-hydrogen) atoms. The number of likely N-dealkylation sites (tertiary alicyclic amines) is 1. The van der Waals surface area contributed by atoms with Crippen molar-refractivity contribution in [2.45, 2.75) is 26.2 Å². The number of pyridine rings is 1. The number of aromatic amines is 1. The van der Waals surface area contributed by atoms with Crippen LogP contribution in [-0.4, -0.2) is 45.8 Å². The molecule has 0 spiro atoms. The summed E-state index contributed by atoms with van der Waals surface area (Å²) in [6.45, 7) is 7.75. The molecule has 0 atom stereocenters. The van der Waals surface area contributed by atoms with E-state index in [9.17, 15) is 4.79 Å². The van der Waals surface area contributed by atoms with Crippen molar-refractivity contribution in [3.8, 4) is 0 Å². The van der Waals surface area contributed by atoms with Gasteiger partial charge in [-0.2, -0.15) is 5.10 Å². The molecular weight excluding hydrogens is 460 g/mol. The maximum Gasteiger partial charge on any atom is 0.276 e. The third-order valence-electron chi connectivity index (χ3n) is 6.60. The Labute approximate surface area is 216 Å². The van der Waals surface area contributed by atoms with Crippen molar-refractivity contribution in [3.05, 3.63) is 107 Å². The Hall–Kier alpha value is -4.52. The fraction of sp³-hybridized carbons (Fsp3) is 0.200. The summed E-state index contributed by atoms with van der Waals surface area (Å²) in [5, 5.41) is 11.0. The predicted molar refractivity (Wildman–Crippen MR) is 150 cm³/mol. The minimum atomic E-state index is -0.281. The minimum Gasteiger partial charge on any atom is -0.370 e. The monoisotopic (exact) mass is 490 g/mol. The number of benzene rings is 2. The summed E-state index contributed by atoms with van der Waals surface area (Å²) >= 11 is 0. The SMILES string of the molecule is C=N/C=C(\C=C(/C)c1ccc2[nH]nc(C(=O)Nc3ccc(Cc4ccccc4)nc3)c2c1)N1CCCC1. The van der Waals surface area contributed by atoms with E-state index in [0.29, 0.717) is 11.4 Å². The van der Waals surface area contributed by atoms with Gasteiger partial charge in [0.15, 0.2) is 5.69 Å². The lowest BCUT2D eigenvalue weighted by molar-refractivity contribution is 0.102. The Bertz CT molecular complexity index is 1460. The molecule has 2 aromatic carbocycles. The number of H-pyrrole nitrogens is 1. The van der Waals surface area contributed by atoms with Gasteiger partial charge in [-0.3, -0.25) is 19.9 Å². The van der Waals surface area contributed by atoms with Gasteiger partial charge in [-0.05, 0) is 73.5 Å². The number of fused-ring (bicyclic) bond motifs is 1. The predicted octanol–water partition coefficient (Wildman–Crippen LogP) is 5.84. The van der Waals surface area contributed by atoms with Crippen LogP contribution in [0.1, 0.15) is 47.1 Å². The molecule has 0 aliphatic carbocycles. The van der Waals surface area contributed by atoms with E-state index in [2.05, 4.69) is 62.2 Å². The molecule has 0 bridgehead atoms. The molecular formula is C30H30N6O. The normalized spacial score (nSPS) is 14.2. The lowest BCUT2D eigenvalue weighted by Gasteiger charge is -2.19. The summed E-state index contributed by atoms with van der Waals surface area (Å²) in [6.07, 6.45) is 8.74. The quantitative estimate of drug-likeness (QED) is 0.240. The van der Waals surface area contributed by atoms with Gasteiger partial charge in [0.2, 0.25) is 0 Å². The third-order valence-corrected chi connectivity index (χ3v) is 6.60. The first-order chi connectivity index (χ1) is 18.1. The Morgan fingerprint density at radius 3 is 2.68 bits per heavy atom. The number of nitrogens with zero attached hydrogens (tertiary/aromatic N) is 4. The van der Waals surface area contributed by atoms with Gasteiger partial charge in [0.25, 0.3) is 5.91 Å². The molecule has 4 aromatic rings. The van der Waals surface area contributed by atoms with Crippen molar-refractivity contribution in [2.24, 2.45) is 4.99 Å². The molecule has 186 valence electrons. The van der Waals surface area contributed by atoms with Crippen molar-refractivity contribution in [3.63, 3.8) is 0 Å². The van der Waals surface area contributed by atoms with E-state index < -0.39 is 0 Å². The second kappa shape index (κ2) is 11.0. The number of anilines is 1. The van der Waals surface area contributed by atoms with Crippen LogP contribution in [0.4, 0.5) is 5.69 Å². The van der Waals surface area contributed by atoms with Crippen LogP contribution in [0, 0.1) is 0 Å². The average Bonchev–Trinajstić information content (AvgIpc) is 3.60. The molecule has 7 nitrogen and oxygen atoms in total. The highest BCUT2D eigenvalue weighted by Gasteiger charge is 2.17. The molecule has 0 unspecified atom stereocenters. The first-order valence-electron chi connectivity index (χ1n) is 12.5. The van der Waals surface area contributed by atoms with Gasteiger partial charge in [0.05, 0.1) is 23.1 Å². The topological polar surface area (TPSA) is 86.3 Å². The van der Waals surface area contributed by atoms with E-state index in [4.69, 9.17) is 0 Å². The van der Waals surface area contributed by atoms with E-state index >= 15 is 0 Å². The van der Waals surface area contributed by atoms with Crippen LogP contribution >= 0.6 is 0 Å². The Morgan fingerprint density at radius 1 is 1.14 bits per heavy atom. The number of hydrogen-bond acceptors (Lipinski definition) is 5. The van der Waals surface area contributed by atoms with Gasteiger partial charge in [-0.1, -0.05) is 36.4 Å². The molecule has 2 aromatic heterocycles. The van der Waals surface area contributed by atoms with Gasteiger partial charge >= 0.3 is 0 Å². The molecule has 7 heteroatoms. The fourth-order valence-electron chi connectivity index (χ4n) is 4.61. The van der Waals surface area contributed by atoms with Crippen LogP contribution < -0.4 is 5.32 Å². The molecule has 1 aliphatic rings. The number of hydrogen-bond donors (Lipinski definition) is 2. The van der Waals surface area contributed by atoms with E-state index in [1.807, 2.05) is 54.7 Å². The maximum absolute atomic E-state index is 13.1. The van der Waals surface area contributed by atoms with E-state index in [1.54, 1.807) is 6.20 Å². The number of aromatic nitrogens is 3. The van der Waals surface area contributed by atoms with Crippen LogP contribution in [0.2, 0.25) is 0 Å². The Kier molecular flexibility index (Phi) is 7.21. The van der Waals surface area contributed by atoms with Gasteiger partial charge in [0.1, 0.15) is 0 Å². The standard InChI is InChI=1S/C30H30N6O/c1-21(16-26(20-31-2)36-14-6-7-15-36)23-10-13-28-27(18-23)29(35-34-28)30(37)33-25-12-11-24(32-19-25)17-22-8-4-3-5-9-22/h3-5,8-13,16,18-20H,2,6-7,14-15,17H2,1H3,(H,33,37)(H,34,35)/b21-16+,26-20+. The number of amides is 1. The Morgan fingerprint density at radius 2 is 1.95 bits per heavy atom. The molecule has 3 heterocycles. The second-order valence-electron chi connectivity index (χ2n) is 9.25. The van der Waals surface area contributed by atoms with Crippen molar-refractivity contribution >= 4 is 34.8 Å². The average molecular weight is 491 g/mol. The smallest absolute Gasteiger partial charge is 0.276 e.